The van der Waals surface area contributed by atoms with Gasteiger partial charge in [0.25, 0.3) is 0 Å². The van der Waals surface area contributed by atoms with Crippen molar-refractivity contribution >= 4 is 39.3 Å². The number of nitrogens with zero attached hydrogens (tertiary/aromatic N) is 2. The van der Waals surface area contributed by atoms with Crippen LogP contribution in [0.15, 0.2) is 16.5 Å². The third-order valence-corrected chi connectivity index (χ3v) is 4.29. The van der Waals surface area contributed by atoms with Gasteiger partial charge in [-0.15, -0.1) is 23.1 Å². The molecule has 16 heavy (non-hydrogen) atoms. The average molecular weight is 253 g/mol. The Balaban J connectivity index is 2.36. The molecule has 0 fully saturated rings. The Morgan fingerprint density at radius 1 is 1.44 bits per heavy atom. The highest BCUT2D eigenvalue weighted by atomic mass is 32.2. The Morgan fingerprint density at radius 2 is 2.25 bits per heavy atom. The maximum Gasteiger partial charge on any atom is 0.224 e. The van der Waals surface area contributed by atoms with Crippen molar-refractivity contribution < 1.29 is 0 Å². The van der Waals surface area contributed by atoms with Crippen LogP contribution in [0.3, 0.4) is 0 Å². The predicted octanol–water partition coefficient (Wildman–Crippen LogP) is 3.48. The van der Waals surface area contributed by atoms with Crippen LogP contribution in [-0.4, -0.2) is 22.8 Å². The number of thiophene rings is 1. The molecule has 0 unspecified atom stereocenters. The number of aromatic nitrogens is 2. The van der Waals surface area contributed by atoms with E-state index < -0.39 is 0 Å². The lowest BCUT2D eigenvalue weighted by Crippen LogP contribution is -1.98. The maximum absolute atomic E-state index is 4.51. The second kappa shape index (κ2) is 5.01. The lowest BCUT2D eigenvalue weighted by molar-refractivity contribution is 0.749. The molecule has 0 aliphatic rings. The Labute approximate surface area is 104 Å². The average Bonchev–Trinajstić information content (AvgIpc) is 2.73. The van der Waals surface area contributed by atoms with E-state index in [9.17, 15) is 0 Å². The summed E-state index contributed by atoms with van der Waals surface area (Å²) in [5.74, 6) is 2.47. The minimum absolute atomic E-state index is 0.673. The van der Waals surface area contributed by atoms with Gasteiger partial charge in [0.1, 0.15) is 9.86 Å². The molecule has 0 aliphatic heterocycles. The molecule has 2 rings (SSSR count). The SMILES string of the molecule is CNc1nc(SCC(C)C)c2ccsc2n1. The highest BCUT2D eigenvalue weighted by Crippen LogP contribution is 2.30. The first-order valence-electron chi connectivity index (χ1n) is 5.26. The van der Waals surface area contributed by atoms with Crippen molar-refractivity contribution in [3.63, 3.8) is 0 Å². The number of thioether (sulfide) groups is 1. The van der Waals surface area contributed by atoms with Gasteiger partial charge in [0.05, 0.1) is 0 Å². The van der Waals surface area contributed by atoms with Crippen molar-refractivity contribution in [1.29, 1.82) is 0 Å². The first-order valence-corrected chi connectivity index (χ1v) is 7.13. The fraction of sp³-hybridized carbons (Fsp3) is 0.455. The van der Waals surface area contributed by atoms with Gasteiger partial charge in [0, 0.05) is 18.2 Å². The molecule has 0 aliphatic carbocycles. The fourth-order valence-electron chi connectivity index (χ4n) is 1.30. The largest absolute Gasteiger partial charge is 0.357 e. The van der Waals surface area contributed by atoms with Crippen LogP contribution in [0.2, 0.25) is 0 Å². The summed E-state index contributed by atoms with van der Waals surface area (Å²) < 4.78 is 0. The third kappa shape index (κ3) is 2.47. The van der Waals surface area contributed by atoms with Crippen molar-refractivity contribution in [2.24, 2.45) is 5.92 Å². The van der Waals surface area contributed by atoms with Crippen molar-refractivity contribution in [3.8, 4) is 0 Å². The highest BCUT2D eigenvalue weighted by molar-refractivity contribution is 7.99. The van der Waals surface area contributed by atoms with Crippen LogP contribution in [-0.2, 0) is 0 Å². The summed E-state index contributed by atoms with van der Waals surface area (Å²) in [5, 5.41) is 7.34. The van der Waals surface area contributed by atoms with Crippen LogP contribution < -0.4 is 5.32 Å². The molecule has 0 radical (unpaired) electrons. The standard InChI is InChI=1S/C11H15N3S2/c1-7(2)6-16-10-8-4-5-15-9(8)13-11(12-3)14-10/h4-5,7H,6H2,1-3H3,(H,12,13,14). The van der Waals surface area contributed by atoms with E-state index in [1.165, 1.54) is 5.39 Å². The summed E-state index contributed by atoms with van der Waals surface area (Å²) in [4.78, 5) is 10.00. The Morgan fingerprint density at radius 3 is 2.94 bits per heavy atom. The van der Waals surface area contributed by atoms with Crippen LogP contribution in [0.25, 0.3) is 10.2 Å². The monoisotopic (exact) mass is 253 g/mol. The Kier molecular flexibility index (Phi) is 3.66. The second-order valence-corrected chi connectivity index (χ2v) is 5.85. The quantitative estimate of drug-likeness (QED) is 0.668. The zero-order valence-electron chi connectivity index (χ0n) is 9.65. The topological polar surface area (TPSA) is 37.8 Å². The van der Waals surface area contributed by atoms with Crippen LogP contribution in [0.1, 0.15) is 13.8 Å². The third-order valence-electron chi connectivity index (χ3n) is 2.07. The number of anilines is 1. The van der Waals surface area contributed by atoms with E-state index in [4.69, 9.17) is 0 Å². The van der Waals surface area contributed by atoms with E-state index >= 15 is 0 Å². The molecular formula is C11H15N3S2. The molecule has 0 atom stereocenters. The van der Waals surface area contributed by atoms with Gasteiger partial charge < -0.3 is 5.32 Å². The van der Waals surface area contributed by atoms with E-state index in [0.717, 1.165) is 15.6 Å². The molecule has 86 valence electrons. The molecule has 0 saturated heterocycles. The van der Waals surface area contributed by atoms with Gasteiger partial charge in [-0.05, 0) is 17.4 Å². The smallest absolute Gasteiger partial charge is 0.224 e. The minimum Gasteiger partial charge on any atom is -0.357 e. The van der Waals surface area contributed by atoms with E-state index in [2.05, 4.69) is 40.6 Å². The summed E-state index contributed by atoms with van der Waals surface area (Å²) in [7, 11) is 1.85. The second-order valence-electron chi connectivity index (χ2n) is 3.95. The van der Waals surface area contributed by atoms with Crippen molar-refractivity contribution in [3.05, 3.63) is 11.4 Å². The van der Waals surface area contributed by atoms with Gasteiger partial charge in [0.2, 0.25) is 5.95 Å². The van der Waals surface area contributed by atoms with Crippen molar-refractivity contribution in [1.82, 2.24) is 9.97 Å². The Bertz CT molecular complexity index is 479. The van der Waals surface area contributed by atoms with Gasteiger partial charge in [-0.2, -0.15) is 0 Å². The maximum atomic E-state index is 4.51. The molecule has 1 N–H and O–H groups in total. The zero-order valence-corrected chi connectivity index (χ0v) is 11.3. The van der Waals surface area contributed by atoms with Crippen LogP contribution >= 0.6 is 23.1 Å². The number of hydrogen-bond acceptors (Lipinski definition) is 5. The molecule has 3 nitrogen and oxygen atoms in total. The van der Waals surface area contributed by atoms with Crippen LogP contribution in [0.4, 0.5) is 5.95 Å². The number of fused-ring (bicyclic) bond motifs is 1. The molecule has 0 bridgehead atoms. The molecule has 0 spiro atoms. The van der Waals surface area contributed by atoms with Crippen molar-refractivity contribution in [2.45, 2.75) is 18.9 Å². The summed E-state index contributed by atoms with van der Waals surface area (Å²) in [6.45, 7) is 4.44. The summed E-state index contributed by atoms with van der Waals surface area (Å²) in [5.41, 5.74) is 0. The highest BCUT2D eigenvalue weighted by Gasteiger charge is 2.09. The van der Waals surface area contributed by atoms with Gasteiger partial charge in [-0.3, -0.25) is 0 Å². The van der Waals surface area contributed by atoms with Gasteiger partial charge in [-0.1, -0.05) is 13.8 Å². The molecule has 2 aromatic rings. The number of rotatable bonds is 4. The molecule has 0 amide bonds. The molecule has 0 saturated carbocycles. The Hall–Kier alpha value is -0.810. The van der Waals surface area contributed by atoms with Crippen LogP contribution in [0, 0.1) is 5.92 Å². The number of nitrogens with one attached hydrogen (secondary N) is 1. The first kappa shape index (κ1) is 11.7. The predicted molar refractivity (Wildman–Crippen MR) is 72.5 cm³/mol. The molecule has 0 aromatic carbocycles. The van der Waals surface area contributed by atoms with Gasteiger partial charge in [-0.25, -0.2) is 9.97 Å². The lowest BCUT2D eigenvalue weighted by atomic mass is 10.3. The van der Waals surface area contributed by atoms with E-state index in [-0.39, 0.29) is 0 Å². The fourth-order valence-corrected chi connectivity index (χ4v) is 3.09. The van der Waals surface area contributed by atoms with Crippen molar-refractivity contribution in [2.75, 3.05) is 18.1 Å². The van der Waals surface area contributed by atoms with Gasteiger partial charge >= 0.3 is 0 Å². The van der Waals surface area contributed by atoms with E-state index in [1.807, 2.05) is 18.8 Å². The summed E-state index contributed by atoms with van der Waals surface area (Å²) in [6.07, 6.45) is 0. The first-order chi connectivity index (χ1) is 7.70. The normalized spacial score (nSPS) is 11.2. The molecule has 2 heterocycles. The molecule has 5 heteroatoms. The zero-order chi connectivity index (χ0) is 11.5. The van der Waals surface area contributed by atoms with E-state index in [1.54, 1.807) is 11.3 Å². The van der Waals surface area contributed by atoms with Crippen LogP contribution in [0.5, 0.6) is 0 Å². The molecular weight excluding hydrogens is 238 g/mol. The van der Waals surface area contributed by atoms with E-state index in [0.29, 0.717) is 11.9 Å². The summed E-state index contributed by atoms with van der Waals surface area (Å²) in [6, 6.07) is 2.10. The molecule has 2 aromatic heterocycles. The lowest BCUT2D eigenvalue weighted by Gasteiger charge is -2.06. The number of hydrogen-bond donors (Lipinski definition) is 1. The minimum atomic E-state index is 0.673. The summed E-state index contributed by atoms with van der Waals surface area (Å²) >= 11 is 3.47. The van der Waals surface area contributed by atoms with Gasteiger partial charge in [0.15, 0.2) is 0 Å².